The van der Waals surface area contributed by atoms with E-state index >= 15 is 0 Å². The summed E-state index contributed by atoms with van der Waals surface area (Å²) in [6.07, 6.45) is 3.83. The monoisotopic (exact) mass is 379 g/mol. The van der Waals surface area contributed by atoms with Gasteiger partial charge in [-0.05, 0) is 31.4 Å². The molecule has 2 aromatic rings. The summed E-state index contributed by atoms with van der Waals surface area (Å²) >= 11 is 1.32. The Bertz CT molecular complexity index is 802. The summed E-state index contributed by atoms with van der Waals surface area (Å²) in [7, 11) is 0. The number of thioether (sulfide) groups is 1. The van der Waals surface area contributed by atoms with Crippen molar-refractivity contribution < 1.29 is 18.0 Å². The van der Waals surface area contributed by atoms with Crippen LogP contribution >= 0.6 is 11.8 Å². The van der Waals surface area contributed by atoms with Gasteiger partial charge in [0.25, 0.3) is 5.22 Å². The van der Waals surface area contributed by atoms with Crippen LogP contribution in [0.3, 0.4) is 0 Å². The van der Waals surface area contributed by atoms with Crippen molar-refractivity contribution in [2.75, 3.05) is 12.3 Å². The minimum Gasteiger partial charge on any atom is -0.414 e. The van der Waals surface area contributed by atoms with Crippen molar-refractivity contribution in [3.8, 4) is 0 Å². The summed E-state index contributed by atoms with van der Waals surface area (Å²) in [4.78, 5) is 13.4. The Kier molecular flexibility index (Phi) is 4.69. The zero-order chi connectivity index (χ0) is 18.1. The highest BCUT2D eigenvalue weighted by Crippen LogP contribution is 2.48. The number of halogens is 2. The van der Waals surface area contributed by atoms with Gasteiger partial charge >= 0.3 is 0 Å². The molecule has 2 fully saturated rings. The van der Waals surface area contributed by atoms with Gasteiger partial charge in [0.05, 0.1) is 6.54 Å². The van der Waals surface area contributed by atoms with Crippen LogP contribution in [0.1, 0.15) is 43.6 Å². The maximum atomic E-state index is 14.2. The SMILES string of the molecule is O=C1CCCN1Cc1nnc(SCC2(c3c(F)cccc3F)CCC2)o1. The second-order valence-electron chi connectivity index (χ2n) is 6.90. The van der Waals surface area contributed by atoms with Crippen molar-refractivity contribution in [3.63, 3.8) is 0 Å². The predicted molar refractivity (Wildman–Crippen MR) is 91.6 cm³/mol. The Morgan fingerprint density at radius 2 is 1.96 bits per heavy atom. The summed E-state index contributed by atoms with van der Waals surface area (Å²) in [6, 6.07) is 4.00. The minimum atomic E-state index is -0.528. The van der Waals surface area contributed by atoms with Gasteiger partial charge in [-0.2, -0.15) is 0 Å². The van der Waals surface area contributed by atoms with Crippen LogP contribution in [-0.4, -0.2) is 33.3 Å². The number of hydrogen-bond acceptors (Lipinski definition) is 5. The first-order chi connectivity index (χ1) is 12.6. The molecule has 1 saturated heterocycles. The van der Waals surface area contributed by atoms with E-state index in [1.54, 1.807) is 4.90 Å². The van der Waals surface area contributed by atoms with Crippen LogP contribution < -0.4 is 0 Å². The van der Waals surface area contributed by atoms with Gasteiger partial charge in [0.1, 0.15) is 11.6 Å². The van der Waals surface area contributed by atoms with Crippen LogP contribution in [0.25, 0.3) is 0 Å². The van der Waals surface area contributed by atoms with Gasteiger partial charge in [0, 0.05) is 29.7 Å². The van der Waals surface area contributed by atoms with E-state index in [2.05, 4.69) is 10.2 Å². The smallest absolute Gasteiger partial charge is 0.276 e. The van der Waals surface area contributed by atoms with E-state index in [9.17, 15) is 13.6 Å². The van der Waals surface area contributed by atoms with E-state index in [4.69, 9.17) is 4.42 Å². The quantitative estimate of drug-likeness (QED) is 0.717. The maximum absolute atomic E-state index is 14.2. The first-order valence-electron chi connectivity index (χ1n) is 8.75. The lowest BCUT2D eigenvalue weighted by molar-refractivity contribution is -0.128. The third-order valence-electron chi connectivity index (χ3n) is 5.22. The molecule has 0 N–H and O–H groups in total. The minimum absolute atomic E-state index is 0.0980. The van der Waals surface area contributed by atoms with E-state index in [0.29, 0.717) is 36.4 Å². The predicted octanol–water partition coefficient (Wildman–Crippen LogP) is 3.68. The zero-order valence-corrected chi connectivity index (χ0v) is 15.0. The van der Waals surface area contributed by atoms with Crippen molar-refractivity contribution in [2.24, 2.45) is 0 Å². The molecule has 0 unspecified atom stereocenters. The Balaban J connectivity index is 1.44. The molecule has 1 aliphatic carbocycles. The van der Waals surface area contributed by atoms with Gasteiger partial charge in [-0.25, -0.2) is 8.78 Å². The third-order valence-corrected chi connectivity index (χ3v) is 6.33. The second-order valence-corrected chi connectivity index (χ2v) is 7.83. The number of amides is 1. The van der Waals surface area contributed by atoms with Crippen molar-refractivity contribution in [2.45, 2.75) is 49.3 Å². The molecular weight excluding hydrogens is 360 g/mol. The molecular formula is C18H19F2N3O2S. The lowest BCUT2D eigenvalue weighted by Crippen LogP contribution is -2.38. The first kappa shape index (κ1) is 17.5. The molecule has 0 atom stereocenters. The van der Waals surface area contributed by atoms with Gasteiger partial charge in [0.15, 0.2) is 0 Å². The highest BCUT2D eigenvalue weighted by Gasteiger charge is 2.43. The van der Waals surface area contributed by atoms with Gasteiger partial charge < -0.3 is 9.32 Å². The molecule has 0 radical (unpaired) electrons. The fraction of sp³-hybridized carbons (Fsp3) is 0.500. The third kappa shape index (κ3) is 3.22. The summed E-state index contributed by atoms with van der Waals surface area (Å²) in [5.41, 5.74) is -0.360. The number of benzene rings is 1. The van der Waals surface area contributed by atoms with Crippen LogP contribution in [0, 0.1) is 11.6 Å². The Hall–Kier alpha value is -1.96. The normalized spacial score (nSPS) is 19.0. The summed E-state index contributed by atoms with van der Waals surface area (Å²) < 4.78 is 34.1. The lowest BCUT2D eigenvalue weighted by atomic mass is 9.65. The molecule has 2 aliphatic rings. The maximum Gasteiger partial charge on any atom is 0.276 e. The Labute approximate surface area is 154 Å². The number of hydrogen-bond donors (Lipinski definition) is 0. The summed E-state index contributed by atoms with van der Waals surface area (Å²) in [5.74, 6) is -0.0220. The van der Waals surface area contributed by atoms with Crippen molar-refractivity contribution in [1.82, 2.24) is 15.1 Å². The molecule has 0 spiro atoms. The van der Waals surface area contributed by atoms with Crippen molar-refractivity contribution in [1.29, 1.82) is 0 Å². The fourth-order valence-corrected chi connectivity index (χ4v) is 4.76. The van der Waals surface area contributed by atoms with Crippen LogP contribution in [-0.2, 0) is 16.8 Å². The molecule has 4 rings (SSSR count). The van der Waals surface area contributed by atoms with Crippen LogP contribution in [0.5, 0.6) is 0 Å². The highest BCUT2D eigenvalue weighted by atomic mass is 32.2. The van der Waals surface area contributed by atoms with Crippen molar-refractivity contribution >= 4 is 17.7 Å². The molecule has 0 bridgehead atoms. The van der Waals surface area contributed by atoms with Crippen LogP contribution in [0.4, 0.5) is 8.78 Å². The van der Waals surface area contributed by atoms with Crippen LogP contribution in [0.15, 0.2) is 27.8 Å². The van der Waals surface area contributed by atoms with Gasteiger partial charge in [-0.1, -0.05) is 24.2 Å². The first-order valence-corrected chi connectivity index (χ1v) is 9.73. The molecule has 1 saturated carbocycles. The van der Waals surface area contributed by atoms with Crippen LogP contribution in [0.2, 0.25) is 0 Å². The topological polar surface area (TPSA) is 59.2 Å². The molecule has 2 heterocycles. The molecule has 1 aliphatic heterocycles. The molecule has 1 aromatic heterocycles. The average molecular weight is 379 g/mol. The zero-order valence-electron chi connectivity index (χ0n) is 14.2. The number of carbonyl (C=O) groups is 1. The molecule has 5 nitrogen and oxygen atoms in total. The molecule has 138 valence electrons. The number of rotatable bonds is 6. The molecule has 1 aromatic carbocycles. The number of aromatic nitrogens is 2. The van der Waals surface area contributed by atoms with E-state index < -0.39 is 17.0 Å². The number of carbonyl (C=O) groups excluding carboxylic acids is 1. The summed E-state index contributed by atoms with van der Waals surface area (Å²) in [5, 5.41) is 8.36. The average Bonchev–Trinajstić information content (AvgIpc) is 3.18. The lowest BCUT2D eigenvalue weighted by Gasteiger charge is -2.42. The second kappa shape index (κ2) is 6.98. The molecule has 26 heavy (non-hydrogen) atoms. The van der Waals surface area contributed by atoms with Crippen molar-refractivity contribution in [3.05, 3.63) is 41.3 Å². The fourth-order valence-electron chi connectivity index (χ4n) is 3.67. The summed E-state index contributed by atoms with van der Waals surface area (Å²) in [6.45, 7) is 1.03. The van der Waals surface area contributed by atoms with Gasteiger partial charge in [-0.3, -0.25) is 4.79 Å². The largest absolute Gasteiger partial charge is 0.414 e. The molecule has 1 amide bonds. The Morgan fingerprint density at radius 3 is 2.58 bits per heavy atom. The molecule has 8 heteroatoms. The van der Waals surface area contributed by atoms with E-state index in [1.165, 1.54) is 30.0 Å². The number of likely N-dealkylation sites (tertiary alicyclic amines) is 1. The standard InChI is InChI=1S/C18H19F2N3O2S/c19-12-4-1-5-13(20)16(12)18(7-3-8-18)11-26-17-22-21-14(25-17)10-23-9-2-6-15(23)24/h1,4-5H,2-3,6-11H2. The van der Waals surface area contributed by atoms with E-state index in [0.717, 1.165) is 25.7 Å². The van der Waals surface area contributed by atoms with Gasteiger partial charge in [-0.15, -0.1) is 10.2 Å². The van der Waals surface area contributed by atoms with E-state index in [1.807, 2.05) is 0 Å². The highest BCUT2D eigenvalue weighted by molar-refractivity contribution is 7.99. The Morgan fingerprint density at radius 1 is 1.19 bits per heavy atom. The number of nitrogens with zero attached hydrogens (tertiary/aromatic N) is 3. The van der Waals surface area contributed by atoms with Gasteiger partial charge in [0.2, 0.25) is 11.8 Å². The van der Waals surface area contributed by atoms with E-state index in [-0.39, 0.29) is 11.5 Å².